The number of carbonyl (C=O) groups is 1. The zero-order chi connectivity index (χ0) is 17.7. The summed E-state index contributed by atoms with van der Waals surface area (Å²) in [6.07, 6.45) is 0. The van der Waals surface area contributed by atoms with Gasteiger partial charge in [-0.2, -0.15) is 5.10 Å². The van der Waals surface area contributed by atoms with E-state index in [1.807, 2.05) is 6.07 Å². The Bertz CT molecular complexity index is 690. The van der Waals surface area contributed by atoms with Gasteiger partial charge in [0.25, 0.3) is 0 Å². The van der Waals surface area contributed by atoms with Crippen LogP contribution in [0.2, 0.25) is 0 Å². The molecule has 2 rings (SSSR count). The van der Waals surface area contributed by atoms with Gasteiger partial charge in [-0.05, 0) is 19.2 Å². The van der Waals surface area contributed by atoms with Crippen molar-refractivity contribution in [2.75, 3.05) is 13.6 Å². The number of carbonyl (C=O) groups excluding carboxylic acids is 1. The molecular formula is C18H25FN4O. The van der Waals surface area contributed by atoms with Gasteiger partial charge in [0.15, 0.2) is 0 Å². The third kappa shape index (κ3) is 5.16. The van der Waals surface area contributed by atoms with Crippen LogP contribution in [-0.4, -0.2) is 34.6 Å². The SMILES string of the molecule is CN(CC(=O)NCc1cc(C(C)(C)C)n[nH]1)Cc1ccccc1F. The molecule has 6 heteroatoms. The van der Waals surface area contributed by atoms with Crippen molar-refractivity contribution in [1.29, 1.82) is 0 Å². The first kappa shape index (κ1) is 18.1. The maximum Gasteiger partial charge on any atom is 0.234 e. The Hall–Kier alpha value is -2.21. The number of H-pyrrole nitrogens is 1. The summed E-state index contributed by atoms with van der Waals surface area (Å²) in [5, 5.41) is 10.1. The first-order valence-electron chi connectivity index (χ1n) is 7.99. The number of rotatable bonds is 6. The van der Waals surface area contributed by atoms with Gasteiger partial charge < -0.3 is 5.32 Å². The molecule has 2 aromatic rings. The lowest BCUT2D eigenvalue weighted by atomic mass is 9.92. The van der Waals surface area contributed by atoms with E-state index in [1.54, 1.807) is 30.1 Å². The minimum atomic E-state index is -0.253. The van der Waals surface area contributed by atoms with E-state index in [0.29, 0.717) is 18.7 Å². The zero-order valence-corrected chi connectivity index (χ0v) is 14.7. The van der Waals surface area contributed by atoms with Gasteiger partial charge in [0.2, 0.25) is 5.91 Å². The van der Waals surface area contributed by atoms with Crippen LogP contribution in [0.3, 0.4) is 0 Å². The van der Waals surface area contributed by atoms with E-state index in [-0.39, 0.29) is 23.7 Å². The molecule has 0 bridgehead atoms. The Labute approximate surface area is 142 Å². The van der Waals surface area contributed by atoms with E-state index in [9.17, 15) is 9.18 Å². The van der Waals surface area contributed by atoms with Gasteiger partial charge in [-0.15, -0.1) is 0 Å². The molecule has 0 saturated heterocycles. The number of amides is 1. The summed E-state index contributed by atoms with van der Waals surface area (Å²) in [6, 6.07) is 8.55. The van der Waals surface area contributed by atoms with Crippen molar-refractivity contribution in [2.24, 2.45) is 0 Å². The third-order valence-corrected chi connectivity index (χ3v) is 3.69. The van der Waals surface area contributed by atoms with E-state index in [4.69, 9.17) is 0 Å². The zero-order valence-electron chi connectivity index (χ0n) is 14.7. The van der Waals surface area contributed by atoms with Crippen molar-refractivity contribution >= 4 is 5.91 Å². The summed E-state index contributed by atoms with van der Waals surface area (Å²) in [4.78, 5) is 13.8. The molecule has 5 nitrogen and oxygen atoms in total. The van der Waals surface area contributed by atoms with Gasteiger partial charge >= 0.3 is 0 Å². The summed E-state index contributed by atoms with van der Waals surface area (Å²) in [7, 11) is 1.79. The predicted molar refractivity (Wildman–Crippen MR) is 91.9 cm³/mol. The van der Waals surface area contributed by atoms with E-state index >= 15 is 0 Å². The fraction of sp³-hybridized carbons (Fsp3) is 0.444. The Kier molecular flexibility index (Phi) is 5.72. The second-order valence-electron chi connectivity index (χ2n) is 7.07. The average molecular weight is 332 g/mol. The molecule has 0 aliphatic rings. The number of nitrogens with zero attached hydrogens (tertiary/aromatic N) is 2. The van der Waals surface area contributed by atoms with E-state index in [2.05, 4.69) is 36.3 Å². The minimum Gasteiger partial charge on any atom is -0.349 e. The maximum atomic E-state index is 13.6. The fourth-order valence-corrected chi connectivity index (χ4v) is 2.30. The predicted octanol–water partition coefficient (Wildman–Crippen LogP) is 2.59. The number of benzene rings is 1. The smallest absolute Gasteiger partial charge is 0.234 e. The first-order chi connectivity index (χ1) is 11.3. The number of hydrogen-bond acceptors (Lipinski definition) is 3. The van der Waals surface area contributed by atoms with Crippen LogP contribution in [0.25, 0.3) is 0 Å². The molecule has 1 aromatic heterocycles. The second kappa shape index (κ2) is 7.57. The molecule has 1 aromatic carbocycles. The molecule has 0 spiro atoms. The van der Waals surface area contributed by atoms with Crippen molar-refractivity contribution in [3.05, 3.63) is 53.1 Å². The fourth-order valence-electron chi connectivity index (χ4n) is 2.30. The van der Waals surface area contributed by atoms with Crippen molar-refractivity contribution in [2.45, 2.75) is 39.3 Å². The summed E-state index contributed by atoms with van der Waals surface area (Å²) in [6.45, 7) is 7.25. The molecule has 24 heavy (non-hydrogen) atoms. The largest absolute Gasteiger partial charge is 0.349 e. The minimum absolute atomic E-state index is 0.0290. The van der Waals surface area contributed by atoms with Crippen LogP contribution in [0, 0.1) is 5.82 Å². The monoisotopic (exact) mass is 332 g/mol. The maximum absolute atomic E-state index is 13.6. The summed E-state index contributed by atoms with van der Waals surface area (Å²) in [5.74, 6) is -0.363. The summed E-state index contributed by atoms with van der Waals surface area (Å²) >= 11 is 0. The topological polar surface area (TPSA) is 61.0 Å². The molecule has 0 radical (unpaired) electrons. The van der Waals surface area contributed by atoms with Crippen LogP contribution in [0.4, 0.5) is 4.39 Å². The number of aromatic nitrogens is 2. The normalized spacial score (nSPS) is 11.8. The Morgan fingerprint density at radius 1 is 1.33 bits per heavy atom. The highest BCUT2D eigenvalue weighted by molar-refractivity contribution is 5.77. The van der Waals surface area contributed by atoms with Gasteiger partial charge in [0.05, 0.1) is 24.5 Å². The van der Waals surface area contributed by atoms with Crippen molar-refractivity contribution < 1.29 is 9.18 Å². The molecular weight excluding hydrogens is 307 g/mol. The molecule has 0 aliphatic heterocycles. The highest BCUT2D eigenvalue weighted by Gasteiger charge is 2.17. The van der Waals surface area contributed by atoms with Crippen LogP contribution in [0.5, 0.6) is 0 Å². The van der Waals surface area contributed by atoms with Crippen LogP contribution in [0.1, 0.15) is 37.7 Å². The van der Waals surface area contributed by atoms with Crippen molar-refractivity contribution in [1.82, 2.24) is 20.4 Å². The Balaban J connectivity index is 1.81. The molecule has 1 amide bonds. The van der Waals surface area contributed by atoms with E-state index in [1.165, 1.54) is 6.07 Å². The van der Waals surface area contributed by atoms with Crippen LogP contribution < -0.4 is 5.32 Å². The molecule has 0 aliphatic carbocycles. The van der Waals surface area contributed by atoms with E-state index in [0.717, 1.165) is 11.4 Å². The number of aromatic amines is 1. The number of hydrogen-bond donors (Lipinski definition) is 2. The first-order valence-corrected chi connectivity index (χ1v) is 7.99. The van der Waals surface area contributed by atoms with Gasteiger partial charge in [-0.3, -0.25) is 14.8 Å². The lowest BCUT2D eigenvalue weighted by molar-refractivity contribution is -0.122. The highest BCUT2D eigenvalue weighted by Crippen LogP contribution is 2.20. The Morgan fingerprint density at radius 2 is 2.04 bits per heavy atom. The number of nitrogens with one attached hydrogen (secondary N) is 2. The molecule has 0 atom stereocenters. The van der Waals surface area contributed by atoms with Gasteiger partial charge in [-0.25, -0.2) is 4.39 Å². The van der Waals surface area contributed by atoms with Gasteiger partial charge in [-0.1, -0.05) is 39.0 Å². The van der Waals surface area contributed by atoms with Crippen molar-refractivity contribution in [3.63, 3.8) is 0 Å². The van der Waals surface area contributed by atoms with Crippen LogP contribution in [0.15, 0.2) is 30.3 Å². The average Bonchev–Trinajstić information content (AvgIpc) is 2.96. The van der Waals surface area contributed by atoms with Gasteiger partial charge in [0.1, 0.15) is 5.82 Å². The van der Waals surface area contributed by atoms with Gasteiger partial charge in [0, 0.05) is 17.5 Å². The van der Waals surface area contributed by atoms with Crippen molar-refractivity contribution in [3.8, 4) is 0 Å². The number of halogens is 1. The molecule has 0 unspecified atom stereocenters. The quantitative estimate of drug-likeness (QED) is 0.855. The molecule has 2 N–H and O–H groups in total. The highest BCUT2D eigenvalue weighted by atomic mass is 19.1. The summed E-state index contributed by atoms with van der Waals surface area (Å²) < 4.78 is 13.6. The standard InChI is InChI=1S/C18H25FN4O/c1-18(2,3)16-9-14(21-22-16)10-20-17(24)12-23(4)11-13-7-5-6-8-15(13)19/h5-9H,10-12H2,1-4H3,(H,20,24)(H,21,22). The lowest BCUT2D eigenvalue weighted by Crippen LogP contribution is -2.34. The molecule has 0 saturated carbocycles. The molecule has 130 valence electrons. The molecule has 0 fully saturated rings. The van der Waals surface area contributed by atoms with Crippen LogP contribution in [-0.2, 0) is 23.3 Å². The third-order valence-electron chi connectivity index (χ3n) is 3.69. The lowest BCUT2D eigenvalue weighted by Gasteiger charge is -2.16. The second-order valence-corrected chi connectivity index (χ2v) is 7.07. The summed E-state index contributed by atoms with van der Waals surface area (Å²) in [5.41, 5.74) is 2.38. The Morgan fingerprint density at radius 3 is 2.67 bits per heavy atom. The molecule has 1 heterocycles. The van der Waals surface area contributed by atoms with Crippen LogP contribution >= 0.6 is 0 Å². The van der Waals surface area contributed by atoms with E-state index < -0.39 is 0 Å². The number of likely N-dealkylation sites (N-methyl/N-ethyl adjacent to an activating group) is 1.